The van der Waals surface area contributed by atoms with Gasteiger partial charge in [-0.1, -0.05) is 23.2 Å². The Morgan fingerprint density at radius 1 is 1.16 bits per heavy atom. The second kappa shape index (κ2) is 11.8. The molecule has 4 rings (SSSR count). The van der Waals surface area contributed by atoms with Crippen molar-refractivity contribution in [2.24, 2.45) is 0 Å². The fourth-order valence-electron chi connectivity index (χ4n) is 4.44. The zero-order chi connectivity index (χ0) is 26.6. The maximum Gasteiger partial charge on any atom is 0.248 e. The number of amides is 1. The van der Waals surface area contributed by atoms with Crippen LogP contribution in [0.1, 0.15) is 43.4 Å². The second-order valence-corrected chi connectivity index (χ2v) is 10.1. The van der Waals surface area contributed by atoms with Crippen molar-refractivity contribution in [1.82, 2.24) is 15.1 Å². The number of nitrogens with zero attached hydrogens (tertiary/aromatic N) is 2. The van der Waals surface area contributed by atoms with Crippen LogP contribution in [-0.2, 0) is 11.2 Å². The number of rotatable bonds is 9. The van der Waals surface area contributed by atoms with E-state index in [1.807, 2.05) is 19.1 Å². The minimum atomic E-state index is -2.66. The third-order valence-electron chi connectivity index (χ3n) is 6.44. The Hall–Kier alpha value is -2.71. The molecule has 5 nitrogen and oxygen atoms in total. The smallest absolute Gasteiger partial charge is 0.248 e. The van der Waals surface area contributed by atoms with Crippen LogP contribution in [0.4, 0.5) is 13.2 Å². The predicted octanol–water partition coefficient (Wildman–Crippen LogP) is 7.13. The number of hydrogen-bond donors (Lipinski definition) is 1. The molecule has 1 amide bonds. The zero-order valence-corrected chi connectivity index (χ0v) is 21.9. The molecular weight excluding hydrogens is 526 g/mol. The van der Waals surface area contributed by atoms with Gasteiger partial charge in [0.15, 0.2) is 0 Å². The van der Waals surface area contributed by atoms with Crippen molar-refractivity contribution in [2.75, 3.05) is 13.3 Å². The minimum Gasteiger partial charge on any atom is -0.493 e. The van der Waals surface area contributed by atoms with Crippen molar-refractivity contribution < 1.29 is 22.7 Å². The standard InChI is InChI=1S/C27H28Cl2F3N3O2/c1-17-23(16-25(36)33-20-9-11-27(31,32)12-10-20)34-35(24-8-5-19(28)15-22(24)29)26(17)18-3-6-21(7-4-18)37-14-2-13-30/h3-8,15,20H,2,9-14,16H2,1H3,(H,33,36). The van der Waals surface area contributed by atoms with Crippen LogP contribution in [0, 0.1) is 6.92 Å². The zero-order valence-electron chi connectivity index (χ0n) is 20.4. The summed E-state index contributed by atoms with van der Waals surface area (Å²) in [5.41, 5.74) is 3.47. The van der Waals surface area contributed by atoms with Gasteiger partial charge in [-0.15, -0.1) is 0 Å². The SMILES string of the molecule is Cc1c(CC(=O)NC2CCC(F)(F)CC2)nn(-c2ccc(Cl)cc2Cl)c1-c1ccc(OCCCF)cc1. The first-order valence-electron chi connectivity index (χ1n) is 12.2. The third-order valence-corrected chi connectivity index (χ3v) is 6.98. The summed E-state index contributed by atoms with van der Waals surface area (Å²) in [6.45, 7) is 1.71. The van der Waals surface area contributed by atoms with Crippen molar-refractivity contribution in [3.8, 4) is 22.7 Å². The highest BCUT2D eigenvalue weighted by atomic mass is 35.5. The summed E-state index contributed by atoms with van der Waals surface area (Å²) in [4.78, 5) is 12.8. The highest BCUT2D eigenvalue weighted by Crippen LogP contribution is 2.35. The van der Waals surface area contributed by atoms with E-state index in [0.717, 1.165) is 16.8 Å². The van der Waals surface area contributed by atoms with Crippen molar-refractivity contribution in [2.45, 2.75) is 57.4 Å². The van der Waals surface area contributed by atoms with Gasteiger partial charge in [0, 0.05) is 35.9 Å². The summed E-state index contributed by atoms with van der Waals surface area (Å²) in [6, 6.07) is 12.1. The summed E-state index contributed by atoms with van der Waals surface area (Å²) in [6.07, 6.45) is 0.359. The van der Waals surface area contributed by atoms with Crippen LogP contribution >= 0.6 is 23.2 Å². The average Bonchev–Trinajstić information content (AvgIpc) is 3.16. The quantitative estimate of drug-likeness (QED) is 0.287. The molecule has 1 N–H and O–H groups in total. The Balaban J connectivity index is 1.62. The van der Waals surface area contributed by atoms with Gasteiger partial charge < -0.3 is 10.1 Å². The van der Waals surface area contributed by atoms with E-state index in [-0.39, 0.29) is 50.7 Å². The largest absolute Gasteiger partial charge is 0.493 e. The van der Waals surface area contributed by atoms with E-state index < -0.39 is 12.6 Å². The third kappa shape index (κ3) is 6.79. The molecule has 1 aliphatic carbocycles. The van der Waals surface area contributed by atoms with Crippen molar-refractivity contribution in [1.29, 1.82) is 0 Å². The van der Waals surface area contributed by atoms with E-state index in [0.29, 0.717) is 33.6 Å². The molecule has 10 heteroatoms. The summed E-state index contributed by atoms with van der Waals surface area (Å²) in [5, 5.41) is 8.47. The van der Waals surface area contributed by atoms with Gasteiger partial charge in [0.2, 0.25) is 11.8 Å². The van der Waals surface area contributed by atoms with Gasteiger partial charge in [0.25, 0.3) is 0 Å². The minimum absolute atomic E-state index is 0.00559. The number of ether oxygens (including phenoxy) is 1. The van der Waals surface area contributed by atoms with Gasteiger partial charge in [-0.25, -0.2) is 13.5 Å². The van der Waals surface area contributed by atoms with Crippen molar-refractivity contribution >= 4 is 29.1 Å². The van der Waals surface area contributed by atoms with E-state index in [2.05, 4.69) is 5.32 Å². The molecule has 0 atom stereocenters. The Morgan fingerprint density at radius 3 is 2.51 bits per heavy atom. The number of benzene rings is 2. The lowest BCUT2D eigenvalue weighted by Crippen LogP contribution is -2.41. The van der Waals surface area contributed by atoms with Crippen molar-refractivity contribution in [3.05, 3.63) is 63.8 Å². The molecule has 198 valence electrons. The fourth-order valence-corrected chi connectivity index (χ4v) is 4.93. The van der Waals surface area contributed by atoms with Crippen LogP contribution < -0.4 is 10.1 Å². The van der Waals surface area contributed by atoms with Crippen molar-refractivity contribution in [3.63, 3.8) is 0 Å². The van der Waals surface area contributed by atoms with Crippen LogP contribution in [0.15, 0.2) is 42.5 Å². The van der Waals surface area contributed by atoms with E-state index in [1.165, 1.54) is 0 Å². The Labute approximate surface area is 223 Å². The summed E-state index contributed by atoms with van der Waals surface area (Å²) in [7, 11) is 0. The van der Waals surface area contributed by atoms with E-state index in [4.69, 9.17) is 33.0 Å². The molecule has 0 bridgehead atoms. The molecule has 0 aliphatic heterocycles. The molecule has 0 radical (unpaired) electrons. The van der Waals surface area contributed by atoms with Gasteiger partial charge in [0.1, 0.15) is 5.75 Å². The molecule has 0 unspecified atom stereocenters. The molecular formula is C27H28Cl2F3N3O2. The number of halogens is 5. The molecule has 1 fully saturated rings. The summed E-state index contributed by atoms with van der Waals surface area (Å²) in [5.74, 6) is -2.31. The Kier molecular flexibility index (Phi) is 8.70. The van der Waals surface area contributed by atoms with Crippen LogP contribution in [0.5, 0.6) is 5.75 Å². The number of carbonyl (C=O) groups excluding carboxylic acids is 1. The summed E-state index contributed by atoms with van der Waals surface area (Å²) >= 11 is 12.6. The highest BCUT2D eigenvalue weighted by Gasteiger charge is 2.35. The number of carbonyl (C=O) groups is 1. The van der Waals surface area contributed by atoms with E-state index in [9.17, 15) is 18.0 Å². The molecule has 0 saturated heterocycles. The molecule has 3 aromatic rings. The van der Waals surface area contributed by atoms with E-state index >= 15 is 0 Å². The lowest BCUT2D eigenvalue weighted by Gasteiger charge is -2.28. The fraction of sp³-hybridized carbons (Fsp3) is 0.407. The second-order valence-electron chi connectivity index (χ2n) is 9.22. The highest BCUT2D eigenvalue weighted by molar-refractivity contribution is 6.35. The number of nitrogens with one attached hydrogen (secondary N) is 1. The molecule has 0 spiro atoms. The van der Waals surface area contributed by atoms with Crippen LogP contribution in [-0.4, -0.2) is 40.9 Å². The normalized spacial score (nSPS) is 15.5. The molecule has 1 aliphatic rings. The molecule has 1 heterocycles. The average molecular weight is 554 g/mol. The Bertz CT molecular complexity index is 1240. The van der Waals surface area contributed by atoms with E-state index in [1.54, 1.807) is 35.0 Å². The lowest BCUT2D eigenvalue weighted by molar-refractivity contribution is -0.122. The maximum atomic E-state index is 13.5. The van der Waals surface area contributed by atoms with Gasteiger partial charge in [0.05, 0.1) is 41.8 Å². The Morgan fingerprint density at radius 2 is 1.86 bits per heavy atom. The first-order valence-corrected chi connectivity index (χ1v) is 12.9. The van der Waals surface area contributed by atoms with Gasteiger partial charge in [-0.3, -0.25) is 9.18 Å². The topological polar surface area (TPSA) is 56.2 Å². The van der Waals surface area contributed by atoms with Crippen LogP contribution in [0.25, 0.3) is 16.9 Å². The molecule has 2 aromatic carbocycles. The molecule has 37 heavy (non-hydrogen) atoms. The lowest BCUT2D eigenvalue weighted by atomic mass is 9.92. The molecule has 1 saturated carbocycles. The maximum absolute atomic E-state index is 13.5. The predicted molar refractivity (Wildman–Crippen MR) is 139 cm³/mol. The van der Waals surface area contributed by atoms with Gasteiger partial charge in [-0.05, 0) is 67.8 Å². The van der Waals surface area contributed by atoms with Crippen LogP contribution in [0.3, 0.4) is 0 Å². The number of alkyl halides is 3. The number of hydrogen-bond acceptors (Lipinski definition) is 3. The molecule has 1 aromatic heterocycles. The van der Waals surface area contributed by atoms with Gasteiger partial charge in [-0.2, -0.15) is 5.10 Å². The first kappa shape index (κ1) is 27.3. The number of aromatic nitrogens is 2. The monoisotopic (exact) mass is 553 g/mol. The first-order chi connectivity index (χ1) is 17.7. The van der Waals surface area contributed by atoms with Crippen LogP contribution in [0.2, 0.25) is 10.0 Å². The van der Waals surface area contributed by atoms with Gasteiger partial charge >= 0.3 is 0 Å². The summed E-state index contributed by atoms with van der Waals surface area (Å²) < 4.78 is 46.6.